The van der Waals surface area contributed by atoms with E-state index in [1.165, 1.54) is 0 Å². The van der Waals surface area contributed by atoms with Crippen LogP contribution in [0.2, 0.25) is 0 Å². The Morgan fingerprint density at radius 1 is 1.38 bits per heavy atom. The first-order chi connectivity index (χ1) is 7.50. The quantitative estimate of drug-likeness (QED) is 0.697. The molecule has 1 heterocycles. The van der Waals surface area contributed by atoms with Gasteiger partial charge in [-0.25, -0.2) is 0 Å². The maximum absolute atomic E-state index is 10.8. The van der Waals surface area contributed by atoms with E-state index in [1.54, 1.807) is 6.92 Å². The van der Waals surface area contributed by atoms with Crippen LogP contribution in [0.1, 0.15) is 6.92 Å². The van der Waals surface area contributed by atoms with Gasteiger partial charge in [-0.05, 0) is 21.0 Å². The second-order valence-corrected chi connectivity index (χ2v) is 4.64. The summed E-state index contributed by atoms with van der Waals surface area (Å²) < 4.78 is 0. The van der Waals surface area contributed by atoms with Crippen molar-refractivity contribution in [2.45, 2.75) is 13.0 Å². The molecule has 0 radical (unpaired) electrons. The van der Waals surface area contributed by atoms with E-state index in [4.69, 9.17) is 5.11 Å². The van der Waals surface area contributed by atoms with Crippen molar-refractivity contribution in [3.63, 3.8) is 0 Å². The Balaban J connectivity index is 2.21. The fourth-order valence-electron chi connectivity index (χ4n) is 1.75. The third-order valence-electron chi connectivity index (χ3n) is 3.38. The summed E-state index contributed by atoms with van der Waals surface area (Å²) in [5.74, 6) is -0.749. The van der Waals surface area contributed by atoms with Crippen LogP contribution in [0, 0.1) is 0 Å². The second kappa shape index (κ2) is 6.18. The monoisotopic (exact) mass is 229 g/mol. The van der Waals surface area contributed by atoms with Crippen LogP contribution in [0.4, 0.5) is 0 Å². The Morgan fingerprint density at radius 3 is 2.44 bits per heavy atom. The molecule has 0 amide bonds. The number of rotatable bonds is 5. The van der Waals surface area contributed by atoms with Crippen molar-refractivity contribution in [3.8, 4) is 0 Å². The molecule has 0 spiro atoms. The van der Waals surface area contributed by atoms with E-state index < -0.39 is 12.0 Å². The third kappa shape index (κ3) is 4.08. The van der Waals surface area contributed by atoms with Gasteiger partial charge in [0.15, 0.2) is 0 Å². The maximum atomic E-state index is 10.8. The third-order valence-corrected chi connectivity index (χ3v) is 3.38. The van der Waals surface area contributed by atoms with Crippen molar-refractivity contribution in [2.24, 2.45) is 0 Å². The molecule has 5 nitrogen and oxygen atoms in total. The zero-order valence-electron chi connectivity index (χ0n) is 10.5. The maximum Gasteiger partial charge on any atom is 0.320 e. The Morgan fingerprint density at radius 2 is 1.94 bits per heavy atom. The molecular weight excluding hydrogens is 206 g/mol. The highest BCUT2D eigenvalue weighted by molar-refractivity contribution is 5.72. The lowest BCUT2D eigenvalue weighted by Crippen LogP contribution is -2.48. The van der Waals surface area contributed by atoms with E-state index in [0.29, 0.717) is 0 Å². The first-order valence-corrected chi connectivity index (χ1v) is 5.84. The van der Waals surface area contributed by atoms with Crippen LogP contribution in [-0.4, -0.2) is 85.2 Å². The lowest BCUT2D eigenvalue weighted by Gasteiger charge is -2.33. The van der Waals surface area contributed by atoms with Gasteiger partial charge in [0.25, 0.3) is 0 Å². The average Bonchev–Trinajstić information content (AvgIpc) is 2.26. The van der Waals surface area contributed by atoms with Crippen LogP contribution in [0.3, 0.4) is 0 Å². The molecule has 1 aliphatic rings. The van der Waals surface area contributed by atoms with E-state index in [0.717, 1.165) is 39.3 Å². The standard InChI is InChI=1S/C11H23N3O2/c1-10(11(15)16)13(3)6-9-14-7-4-12(2)5-8-14/h10H,4-9H2,1-3H3,(H,15,16). The summed E-state index contributed by atoms with van der Waals surface area (Å²) >= 11 is 0. The van der Waals surface area contributed by atoms with Gasteiger partial charge in [0, 0.05) is 39.3 Å². The van der Waals surface area contributed by atoms with Crippen molar-refractivity contribution in [3.05, 3.63) is 0 Å². The minimum absolute atomic E-state index is 0.396. The summed E-state index contributed by atoms with van der Waals surface area (Å²) in [6.45, 7) is 7.90. The highest BCUT2D eigenvalue weighted by atomic mass is 16.4. The fraction of sp³-hybridized carbons (Fsp3) is 0.909. The molecule has 0 aromatic rings. The van der Waals surface area contributed by atoms with Gasteiger partial charge in [0.2, 0.25) is 0 Å². The average molecular weight is 229 g/mol. The molecule has 0 bridgehead atoms. The van der Waals surface area contributed by atoms with Gasteiger partial charge in [-0.1, -0.05) is 0 Å². The van der Waals surface area contributed by atoms with E-state index in [-0.39, 0.29) is 0 Å². The zero-order chi connectivity index (χ0) is 12.1. The molecule has 5 heteroatoms. The molecule has 0 aliphatic carbocycles. The number of nitrogens with zero attached hydrogens (tertiary/aromatic N) is 3. The van der Waals surface area contributed by atoms with Crippen LogP contribution in [0.15, 0.2) is 0 Å². The van der Waals surface area contributed by atoms with Crippen LogP contribution < -0.4 is 0 Å². The Labute approximate surface area is 97.6 Å². The zero-order valence-corrected chi connectivity index (χ0v) is 10.5. The lowest BCUT2D eigenvalue weighted by molar-refractivity contribution is -0.142. The van der Waals surface area contributed by atoms with Gasteiger partial charge in [0.1, 0.15) is 6.04 Å². The molecule has 1 unspecified atom stereocenters. The number of aliphatic carboxylic acids is 1. The van der Waals surface area contributed by atoms with Crippen molar-refractivity contribution < 1.29 is 9.90 Å². The number of carboxylic acids is 1. The van der Waals surface area contributed by atoms with E-state index >= 15 is 0 Å². The molecular formula is C11H23N3O2. The Kier molecular flexibility index (Phi) is 5.18. The predicted molar refractivity (Wildman–Crippen MR) is 63.7 cm³/mol. The minimum Gasteiger partial charge on any atom is -0.480 e. The first-order valence-electron chi connectivity index (χ1n) is 5.84. The molecule has 94 valence electrons. The SMILES string of the molecule is CC(C(=O)O)N(C)CCN1CCN(C)CC1. The number of likely N-dealkylation sites (N-methyl/N-ethyl adjacent to an activating group) is 2. The molecule has 0 aromatic carbocycles. The van der Waals surface area contributed by atoms with Crippen LogP contribution in [-0.2, 0) is 4.79 Å². The van der Waals surface area contributed by atoms with Gasteiger partial charge in [-0.15, -0.1) is 0 Å². The topological polar surface area (TPSA) is 47.0 Å². The number of piperazine rings is 1. The van der Waals surface area contributed by atoms with Gasteiger partial charge in [0.05, 0.1) is 0 Å². The molecule has 1 fully saturated rings. The van der Waals surface area contributed by atoms with E-state index in [1.807, 2.05) is 11.9 Å². The largest absolute Gasteiger partial charge is 0.480 e. The molecule has 0 saturated carbocycles. The van der Waals surface area contributed by atoms with Crippen LogP contribution in [0.25, 0.3) is 0 Å². The molecule has 1 N–H and O–H groups in total. The summed E-state index contributed by atoms with van der Waals surface area (Å²) in [5, 5.41) is 8.86. The summed E-state index contributed by atoms with van der Waals surface area (Å²) in [5.41, 5.74) is 0. The molecule has 16 heavy (non-hydrogen) atoms. The first kappa shape index (κ1) is 13.4. The number of carbonyl (C=O) groups is 1. The molecule has 0 aromatic heterocycles. The van der Waals surface area contributed by atoms with E-state index in [9.17, 15) is 4.79 Å². The lowest BCUT2D eigenvalue weighted by atomic mass is 10.3. The Hall–Kier alpha value is -0.650. The van der Waals surface area contributed by atoms with Crippen molar-refractivity contribution in [2.75, 3.05) is 53.4 Å². The predicted octanol–water partition coefficient (Wildman–Crippen LogP) is -0.361. The smallest absolute Gasteiger partial charge is 0.320 e. The molecule has 1 aliphatic heterocycles. The normalized spacial score (nSPS) is 21.2. The summed E-state index contributed by atoms with van der Waals surface area (Å²) in [6, 6.07) is -0.396. The molecule has 1 saturated heterocycles. The fourth-order valence-corrected chi connectivity index (χ4v) is 1.75. The summed E-state index contributed by atoms with van der Waals surface area (Å²) in [7, 11) is 4.00. The molecule has 1 rings (SSSR count). The Bertz CT molecular complexity index is 227. The van der Waals surface area contributed by atoms with Crippen LogP contribution >= 0.6 is 0 Å². The van der Waals surface area contributed by atoms with Gasteiger partial charge < -0.3 is 10.0 Å². The van der Waals surface area contributed by atoms with Gasteiger partial charge in [-0.2, -0.15) is 0 Å². The van der Waals surface area contributed by atoms with Gasteiger partial charge >= 0.3 is 5.97 Å². The highest BCUT2D eigenvalue weighted by Crippen LogP contribution is 2.01. The number of hydrogen-bond donors (Lipinski definition) is 1. The number of hydrogen-bond acceptors (Lipinski definition) is 4. The van der Waals surface area contributed by atoms with Crippen molar-refractivity contribution >= 4 is 5.97 Å². The summed E-state index contributed by atoms with van der Waals surface area (Å²) in [6.07, 6.45) is 0. The molecule has 1 atom stereocenters. The van der Waals surface area contributed by atoms with Crippen molar-refractivity contribution in [1.29, 1.82) is 0 Å². The van der Waals surface area contributed by atoms with Crippen LogP contribution in [0.5, 0.6) is 0 Å². The van der Waals surface area contributed by atoms with Gasteiger partial charge in [-0.3, -0.25) is 14.6 Å². The summed E-state index contributed by atoms with van der Waals surface area (Å²) in [4.78, 5) is 17.4. The second-order valence-electron chi connectivity index (χ2n) is 4.64. The minimum atomic E-state index is -0.749. The van der Waals surface area contributed by atoms with Crippen molar-refractivity contribution in [1.82, 2.24) is 14.7 Å². The number of carboxylic acid groups (broad SMARTS) is 1. The highest BCUT2D eigenvalue weighted by Gasteiger charge is 2.18. The van der Waals surface area contributed by atoms with E-state index in [2.05, 4.69) is 16.8 Å².